The number of carbonyl (C=O) groups is 5. The van der Waals surface area contributed by atoms with Crippen molar-refractivity contribution in [2.45, 2.75) is 175 Å². The number of rotatable bonds is 15. The van der Waals surface area contributed by atoms with Gasteiger partial charge in [0, 0.05) is 43.8 Å². The van der Waals surface area contributed by atoms with Crippen molar-refractivity contribution >= 4 is 39.5 Å². The van der Waals surface area contributed by atoms with Crippen molar-refractivity contribution in [3.63, 3.8) is 0 Å². The third kappa shape index (κ3) is 7.64. The number of likely N-dealkylation sites (tertiary alicyclic amines) is 2. The van der Waals surface area contributed by atoms with E-state index in [1.165, 1.54) is 4.31 Å². The summed E-state index contributed by atoms with van der Waals surface area (Å²) in [5, 5.41) is 3.26. The molecule has 0 radical (unpaired) electrons. The maximum absolute atomic E-state index is 15.4. The van der Waals surface area contributed by atoms with Crippen LogP contribution in [0.25, 0.3) is 0 Å². The fourth-order valence-electron chi connectivity index (χ4n) is 13.1. The predicted octanol–water partition coefficient (Wildman–Crippen LogP) is 6.34. The smallest absolute Gasteiger partial charge is 0.303 e. The average molecular weight is 854 g/mol. The number of amides is 3. The Morgan fingerprint density at radius 3 is 1.95 bits per heavy atom. The standard InChI is InChI=1S/C47H75N5O7S/c1-9-33-28-45(33,41(57)49-60(58,59)51-25-16-17-26-51)30-37(54)35-29-47(44(7,8)46(47)21-18-22-46)31-52(35)39(55)34(42(2,3)4)27-36(53)38(32-19-12-10-13-20-32)48-40(56)43(5,6)50-23-14-11-15-24-50/h9,32-35,38H,1,10-31H2,2-8H3,(H,48,56)(H,49,57)/t33-,34-,35+,38+,45-,47-/m1/s1. The van der Waals surface area contributed by atoms with Gasteiger partial charge in [-0.3, -0.25) is 28.9 Å². The SMILES string of the molecule is C=C[C@@H]1C[C@]1(CC(=O)[C@@H]1C[C@@]2(CN1C(=O)[C@@H](CC(=O)[C@@H](NC(=O)C(C)(C)N1CCCCC1)C1CCCCC1)C(C)(C)C)C(C)(C)C21CCC1)C(=O)NS(=O)(=O)N1CCCC1. The Morgan fingerprint density at radius 1 is 0.817 bits per heavy atom. The summed E-state index contributed by atoms with van der Waals surface area (Å²) in [6.07, 6.45) is 14.9. The van der Waals surface area contributed by atoms with E-state index in [1.807, 2.05) is 34.6 Å². The van der Waals surface area contributed by atoms with E-state index < -0.39 is 50.5 Å². The second kappa shape index (κ2) is 16.2. The molecule has 3 amide bonds. The molecule has 3 aliphatic heterocycles. The lowest BCUT2D eigenvalue weighted by Crippen LogP contribution is -2.60. The van der Waals surface area contributed by atoms with Gasteiger partial charge in [0.05, 0.1) is 23.0 Å². The monoisotopic (exact) mass is 854 g/mol. The van der Waals surface area contributed by atoms with E-state index in [4.69, 9.17) is 0 Å². The maximum atomic E-state index is 15.4. The Hall–Kier alpha value is -2.64. The van der Waals surface area contributed by atoms with Crippen molar-refractivity contribution in [3.8, 4) is 0 Å². The number of hydrogen-bond acceptors (Lipinski definition) is 8. The second-order valence-electron chi connectivity index (χ2n) is 22.3. The first-order chi connectivity index (χ1) is 28.1. The van der Waals surface area contributed by atoms with E-state index in [2.05, 4.69) is 35.4 Å². The summed E-state index contributed by atoms with van der Waals surface area (Å²) < 4.78 is 30.1. The average Bonchev–Trinajstić information content (AvgIpc) is 3.64. The molecule has 0 aromatic carbocycles. The van der Waals surface area contributed by atoms with Gasteiger partial charge in [-0.1, -0.05) is 72.8 Å². The molecule has 7 fully saturated rings. The van der Waals surface area contributed by atoms with Crippen LogP contribution in [0.3, 0.4) is 0 Å². The Labute approximate surface area is 360 Å². The highest BCUT2D eigenvalue weighted by molar-refractivity contribution is 7.87. The zero-order valence-electron chi connectivity index (χ0n) is 37.8. The van der Waals surface area contributed by atoms with Crippen molar-refractivity contribution in [2.24, 2.45) is 44.8 Å². The topological polar surface area (TPSA) is 153 Å². The summed E-state index contributed by atoms with van der Waals surface area (Å²) in [4.78, 5) is 77.3. The van der Waals surface area contributed by atoms with Gasteiger partial charge in [-0.15, -0.1) is 6.58 Å². The number of fused-ring (bicyclic) bond motifs is 1. The molecule has 7 aliphatic rings. The lowest BCUT2D eigenvalue weighted by atomic mass is 9.73. The van der Waals surface area contributed by atoms with Gasteiger partial charge in [-0.05, 0) is 119 Å². The highest BCUT2D eigenvalue weighted by Gasteiger charge is 2.85. The fraction of sp³-hybridized carbons (Fsp3) is 0.851. The van der Waals surface area contributed by atoms with E-state index in [0.717, 1.165) is 96.6 Å². The van der Waals surface area contributed by atoms with Gasteiger partial charge in [-0.2, -0.15) is 12.7 Å². The third-order valence-electron chi connectivity index (χ3n) is 17.7. The molecule has 7 rings (SSSR count). The molecule has 0 bridgehead atoms. The van der Waals surface area contributed by atoms with Crippen LogP contribution in [-0.4, -0.2) is 102 Å². The van der Waals surface area contributed by atoms with Crippen LogP contribution < -0.4 is 10.0 Å². The molecule has 4 saturated carbocycles. The summed E-state index contributed by atoms with van der Waals surface area (Å²) in [5.41, 5.74) is -3.02. The highest BCUT2D eigenvalue weighted by Crippen LogP contribution is 2.88. The van der Waals surface area contributed by atoms with Crippen LogP contribution in [0.1, 0.15) is 158 Å². The molecule has 13 heteroatoms. The molecule has 2 N–H and O–H groups in total. The summed E-state index contributed by atoms with van der Waals surface area (Å²) in [6.45, 7) is 21.1. The third-order valence-corrected chi connectivity index (χ3v) is 19.1. The number of piperidine rings is 1. The van der Waals surface area contributed by atoms with Gasteiger partial charge in [0.1, 0.15) is 0 Å². The number of carbonyl (C=O) groups excluding carboxylic acids is 5. The van der Waals surface area contributed by atoms with E-state index in [-0.39, 0.29) is 64.3 Å². The summed E-state index contributed by atoms with van der Waals surface area (Å²) in [7, 11) is -4.06. The molecular weight excluding hydrogens is 779 g/mol. The van der Waals surface area contributed by atoms with Crippen LogP contribution >= 0.6 is 0 Å². The van der Waals surface area contributed by atoms with Crippen molar-refractivity contribution < 1.29 is 32.4 Å². The normalized spacial score (nSPS) is 31.6. The number of ketones is 2. The van der Waals surface area contributed by atoms with Crippen LogP contribution in [0.5, 0.6) is 0 Å². The van der Waals surface area contributed by atoms with E-state index in [1.54, 1.807) is 11.0 Å². The Balaban J connectivity index is 1.15. The summed E-state index contributed by atoms with van der Waals surface area (Å²) in [5.74, 6) is -2.54. The Kier molecular flexibility index (Phi) is 12.2. The highest BCUT2D eigenvalue weighted by atomic mass is 32.2. The van der Waals surface area contributed by atoms with Crippen LogP contribution in [0.15, 0.2) is 12.7 Å². The van der Waals surface area contributed by atoms with E-state index >= 15 is 4.79 Å². The first-order valence-corrected chi connectivity index (χ1v) is 24.9. The van der Waals surface area contributed by atoms with Gasteiger partial charge >= 0.3 is 10.2 Å². The number of allylic oxidation sites excluding steroid dienone is 1. The lowest BCUT2D eigenvalue weighted by Gasteiger charge is -2.41. The molecule has 336 valence electrons. The van der Waals surface area contributed by atoms with Crippen molar-refractivity contribution in [3.05, 3.63) is 12.7 Å². The maximum Gasteiger partial charge on any atom is 0.303 e. The molecule has 0 unspecified atom stereocenters. The fourth-order valence-corrected chi connectivity index (χ4v) is 14.4. The minimum Gasteiger partial charge on any atom is -0.344 e. The van der Waals surface area contributed by atoms with Crippen LogP contribution in [-0.2, 0) is 34.2 Å². The Bertz CT molecular complexity index is 1830. The minimum absolute atomic E-state index is 0.00818. The quantitative estimate of drug-likeness (QED) is 0.181. The molecule has 12 nitrogen and oxygen atoms in total. The van der Waals surface area contributed by atoms with Crippen molar-refractivity contribution in [2.75, 3.05) is 32.7 Å². The molecule has 3 saturated heterocycles. The van der Waals surface area contributed by atoms with Crippen molar-refractivity contribution in [1.29, 1.82) is 0 Å². The molecule has 4 aliphatic carbocycles. The van der Waals surface area contributed by atoms with E-state index in [9.17, 15) is 27.6 Å². The largest absolute Gasteiger partial charge is 0.344 e. The van der Waals surface area contributed by atoms with Crippen LogP contribution in [0.2, 0.25) is 0 Å². The van der Waals surface area contributed by atoms with Gasteiger partial charge in [-0.25, -0.2) is 4.72 Å². The van der Waals surface area contributed by atoms with Crippen LogP contribution in [0, 0.1) is 44.8 Å². The molecule has 0 aromatic heterocycles. The molecule has 3 heterocycles. The van der Waals surface area contributed by atoms with Gasteiger partial charge in [0.25, 0.3) is 0 Å². The number of nitrogens with zero attached hydrogens (tertiary/aromatic N) is 3. The number of hydrogen-bond donors (Lipinski definition) is 2. The molecule has 2 spiro atoms. The van der Waals surface area contributed by atoms with Gasteiger partial charge < -0.3 is 10.2 Å². The van der Waals surface area contributed by atoms with Crippen molar-refractivity contribution in [1.82, 2.24) is 24.1 Å². The first-order valence-electron chi connectivity index (χ1n) is 23.5. The first kappa shape index (κ1) is 45.4. The number of nitrogens with one attached hydrogen (secondary N) is 2. The van der Waals surface area contributed by atoms with Crippen LogP contribution in [0.4, 0.5) is 0 Å². The van der Waals surface area contributed by atoms with Gasteiger partial charge in [0.15, 0.2) is 11.6 Å². The molecule has 0 aromatic rings. The summed E-state index contributed by atoms with van der Waals surface area (Å²) in [6, 6.07) is -1.51. The Morgan fingerprint density at radius 2 is 1.42 bits per heavy atom. The van der Waals surface area contributed by atoms with E-state index in [0.29, 0.717) is 32.5 Å². The zero-order valence-corrected chi connectivity index (χ0v) is 38.7. The zero-order chi connectivity index (χ0) is 43.7. The molecular formula is C47H75N5O7S. The lowest BCUT2D eigenvalue weighted by molar-refractivity contribution is -0.147. The predicted molar refractivity (Wildman–Crippen MR) is 231 cm³/mol. The summed E-state index contributed by atoms with van der Waals surface area (Å²) >= 11 is 0. The van der Waals surface area contributed by atoms with Gasteiger partial charge in [0.2, 0.25) is 17.7 Å². The number of Topliss-reactive ketones (excluding diaryl/α,β-unsaturated/α-hetero) is 2. The molecule has 60 heavy (non-hydrogen) atoms. The molecule has 6 atom stereocenters. The minimum atomic E-state index is -4.06. The second-order valence-corrected chi connectivity index (χ2v) is 23.9.